The van der Waals surface area contributed by atoms with Crippen LogP contribution in [0.4, 0.5) is 11.8 Å². The number of para-hydroxylation sites is 1. The number of amides is 1. The molecule has 3 heterocycles. The summed E-state index contributed by atoms with van der Waals surface area (Å²) in [7, 11) is 0. The number of hydrogen-bond donors (Lipinski definition) is 2. The maximum absolute atomic E-state index is 13.1. The van der Waals surface area contributed by atoms with Gasteiger partial charge in [0.05, 0.1) is 11.9 Å². The Morgan fingerprint density at radius 1 is 0.914 bits per heavy atom. The van der Waals surface area contributed by atoms with Crippen molar-refractivity contribution >= 4 is 39.3 Å². The Hall–Kier alpha value is -3.71. The van der Waals surface area contributed by atoms with Crippen LogP contribution in [-0.4, -0.2) is 66.1 Å². The van der Waals surface area contributed by atoms with E-state index in [0.717, 1.165) is 66.8 Å². The van der Waals surface area contributed by atoms with E-state index in [9.17, 15) is 4.79 Å². The molecule has 6 rings (SSSR count). The number of carbonyl (C=O) groups excluding carboxylic acids is 1. The van der Waals surface area contributed by atoms with Gasteiger partial charge in [0.15, 0.2) is 0 Å². The molecule has 0 aliphatic carbocycles. The van der Waals surface area contributed by atoms with Crippen molar-refractivity contribution in [1.82, 2.24) is 20.2 Å². The number of nitrogens with one attached hydrogen (secondary N) is 2. The maximum atomic E-state index is 13.1. The molecular formula is C28H30N6O. The van der Waals surface area contributed by atoms with E-state index in [1.165, 1.54) is 5.39 Å². The number of benzene rings is 3. The molecule has 2 aliphatic rings. The van der Waals surface area contributed by atoms with E-state index in [1.54, 1.807) is 0 Å². The van der Waals surface area contributed by atoms with E-state index in [4.69, 9.17) is 9.97 Å². The Balaban J connectivity index is 1.17. The summed E-state index contributed by atoms with van der Waals surface area (Å²) in [5.41, 5.74) is 2.03. The number of nitrogens with zero attached hydrogens (tertiary/aromatic N) is 4. The quantitative estimate of drug-likeness (QED) is 0.469. The molecular weight excluding hydrogens is 436 g/mol. The van der Waals surface area contributed by atoms with Crippen LogP contribution >= 0.6 is 0 Å². The second-order valence-corrected chi connectivity index (χ2v) is 9.41. The van der Waals surface area contributed by atoms with E-state index in [2.05, 4.69) is 45.9 Å². The van der Waals surface area contributed by atoms with Crippen LogP contribution in [0.1, 0.15) is 12.0 Å². The van der Waals surface area contributed by atoms with Crippen LogP contribution in [0.5, 0.6) is 0 Å². The number of likely N-dealkylation sites (tertiary alicyclic amines) is 1. The first-order chi connectivity index (χ1) is 17.2. The Kier molecular flexibility index (Phi) is 5.92. The number of piperazine rings is 1. The lowest BCUT2D eigenvalue weighted by Gasteiger charge is -2.29. The van der Waals surface area contributed by atoms with Crippen molar-refractivity contribution in [2.24, 2.45) is 0 Å². The largest absolute Gasteiger partial charge is 0.353 e. The van der Waals surface area contributed by atoms with Crippen molar-refractivity contribution in [2.75, 3.05) is 49.5 Å². The molecule has 0 bridgehead atoms. The lowest BCUT2D eigenvalue weighted by atomic mass is 10.0. The van der Waals surface area contributed by atoms with Crippen molar-refractivity contribution in [3.05, 3.63) is 72.3 Å². The number of fused-ring (bicyclic) bond motifs is 2. The monoisotopic (exact) mass is 466 g/mol. The second-order valence-electron chi connectivity index (χ2n) is 9.41. The molecule has 0 unspecified atom stereocenters. The first-order valence-electron chi connectivity index (χ1n) is 12.5. The molecule has 2 N–H and O–H groups in total. The van der Waals surface area contributed by atoms with Gasteiger partial charge in [-0.25, -0.2) is 4.98 Å². The van der Waals surface area contributed by atoms with Gasteiger partial charge in [0.25, 0.3) is 0 Å². The van der Waals surface area contributed by atoms with Gasteiger partial charge in [-0.1, -0.05) is 54.6 Å². The van der Waals surface area contributed by atoms with Gasteiger partial charge < -0.3 is 20.4 Å². The highest BCUT2D eigenvalue weighted by Crippen LogP contribution is 2.27. The predicted octanol–water partition coefficient (Wildman–Crippen LogP) is 3.45. The average molecular weight is 467 g/mol. The summed E-state index contributed by atoms with van der Waals surface area (Å²) in [6, 6.07) is 22.8. The minimum absolute atomic E-state index is 0.142. The molecule has 0 saturated carbocycles. The number of hydrogen-bond acceptors (Lipinski definition) is 6. The molecule has 0 spiro atoms. The molecule has 35 heavy (non-hydrogen) atoms. The Labute approximate surface area is 205 Å². The summed E-state index contributed by atoms with van der Waals surface area (Å²) in [4.78, 5) is 27.2. The fourth-order valence-electron chi connectivity index (χ4n) is 5.25. The molecule has 2 aliphatic heterocycles. The summed E-state index contributed by atoms with van der Waals surface area (Å²) in [6.45, 7) is 5.19. The highest BCUT2D eigenvalue weighted by molar-refractivity contribution is 5.91. The standard InChI is InChI=1S/C28H30N6O/c35-26(18-21-8-5-7-20-6-1-2-9-23(20)21)34-15-12-22(19-34)30-28-31-25-11-4-3-10-24(25)27(32-28)33-16-13-29-14-17-33/h1-11,22,29H,12-19H2,(H,30,31,32)/t22-/m0/s1. The maximum Gasteiger partial charge on any atom is 0.227 e. The summed E-state index contributed by atoms with van der Waals surface area (Å²) in [5.74, 6) is 1.80. The molecule has 1 atom stereocenters. The zero-order chi connectivity index (χ0) is 23.6. The molecule has 178 valence electrons. The van der Waals surface area contributed by atoms with Crippen molar-refractivity contribution < 1.29 is 4.79 Å². The molecule has 1 amide bonds. The summed E-state index contributed by atoms with van der Waals surface area (Å²) < 4.78 is 0. The minimum Gasteiger partial charge on any atom is -0.353 e. The van der Waals surface area contributed by atoms with Crippen LogP contribution in [0.3, 0.4) is 0 Å². The second kappa shape index (κ2) is 9.50. The van der Waals surface area contributed by atoms with Crippen molar-refractivity contribution in [2.45, 2.75) is 18.9 Å². The Morgan fingerprint density at radius 3 is 2.57 bits per heavy atom. The third kappa shape index (κ3) is 4.51. The number of aromatic nitrogens is 2. The fraction of sp³-hybridized carbons (Fsp3) is 0.321. The van der Waals surface area contributed by atoms with Gasteiger partial charge in [-0.2, -0.15) is 4.98 Å². The predicted molar refractivity (Wildman–Crippen MR) is 141 cm³/mol. The van der Waals surface area contributed by atoms with Crippen molar-refractivity contribution in [1.29, 1.82) is 0 Å². The first kappa shape index (κ1) is 21.8. The van der Waals surface area contributed by atoms with Crippen molar-refractivity contribution in [3.8, 4) is 0 Å². The lowest BCUT2D eigenvalue weighted by Crippen LogP contribution is -2.44. The number of rotatable bonds is 5. The van der Waals surface area contributed by atoms with Gasteiger partial charge in [0.2, 0.25) is 11.9 Å². The highest BCUT2D eigenvalue weighted by atomic mass is 16.2. The zero-order valence-corrected chi connectivity index (χ0v) is 19.8. The minimum atomic E-state index is 0.142. The van der Waals surface area contributed by atoms with E-state index in [-0.39, 0.29) is 11.9 Å². The highest BCUT2D eigenvalue weighted by Gasteiger charge is 2.27. The van der Waals surface area contributed by atoms with Gasteiger partial charge in [-0.3, -0.25) is 4.79 Å². The molecule has 2 fully saturated rings. The molecule has 1 aromatic heterocycles. The average Bonchev–Trinajstić information content (AvgIpc) is 3.37. The van der Waals surface area contributed by atoms with Crippen LogP contribution in [0.25, 0.3) is 21.7 Å². The van der Waals surface area contributed by atoms with E-state index in [1.807, 2.05) is 41.3 Å². The number of anilines is 2. The Bertz CT molecular complexity index is 1360. The van der Waals surface area contributed by atoms with Crippen LogP contribution < -0.4 is 15.5 Å². The van der Waals surface area contributed by atoms with Gasteiger partial charge in [0, 0.05) is 50.7 Å². The SMILES string of the molecule is O=C(Cc1cccc2ccccc12)N1CC[C@H](Nc2nc(N3CCNCC3)c3ccccc3n2)C1. The number of carbonyl (C=O) groups is 1. The first-order valence-corrected chi connectivity index (χ1v) is 12.5. The van der Waals surface area contributed by atoms with Gasteiger partial charge in [-0.05, 0) is 34.9 Å². The molecule has 4 aromatic rings. The summed E-state index contributed by atoms with van der Waals surface area (Å²) in [5, 5.41) is 10.4. The van der Waals surface area contributed by atoms with Crippen LogP contribution in [0.15, 0.2) is 66.7 Å². The van der Waals surface area contributed by atoms with Crippen LogP contribution in [0, 0.1) is 0 Å². The molecule has 2 saturated heterocycles. The molecule has 7 nitrogen and oxygen atoms in total. The smallest absolute Gasteiger partial charge is 0.227 e. The molecule has 0 radical (unpaired) electrons. The van der Waals surface area contributed by atoms with Gasteiger partial charge in [-0.15, -0.1) is 0 Å². The third-order valence-electron chi connectivity index (χ3n) is 7.10. The molecule has 7 heteroatoms. The van der Waals surface area contributed by atoms with Crippen LogP contribution in [0.2, 0.25) is 0 Å². The van der Waals surface area contributed by atoms with Crippen LogP contribution in [-0.2, 0) is 11.2 Å². The Morgan fingerprint density at radius 2 is 1.69 bits per heavy atom. The lowest BCUT2D eigenvalue weighted by molar-refractivity contribution is -0.129. The summed E-state index contributed by atoms with van der Waals surface area (Å²) in [6.07, 6.45) is 1.31. The van der Waals surface area contributed by atoms with Gasteiger partial charge in [0.1, 0.15) is 5.82 Å². The van der Waals surface area contributed by atoms with E-state index >= 15 is 0 Å². The van der Waals surface area contributed by atoms with E-state index in [0.29, 0.717) is 18.9 Å². The van der Waals surface area contributed by atoms with E-state index < -0.39 is 0 Å². The fourth-order valence-corrected chi connectivity index (χ4v) is 5.25. The molecule has 3 aromatic carbocycles. The third-order valence-corrected chi connectivity index (χ3v) is 7.10. The van der Waals surface area contributed by atoms with Crippen molar-refractivity contribution in [3.63, 3.8) is 0 Å². The van der Waals surface area contributed by atoms with Gasteiger partial charge >= 0.3 is 0 Å². The zero-order valence-electron chi connectivity index (χ0n) is 19.8. The normalized spacial score (nSPS) is 18.3. The topological polar surface area (TPSA) is 73.4 Å². The summed E-state index contributed by atoms with van der Waals surface area (Å²) >= 11 is 0.